The molecule has 36 heavy (non-hydrogen) atoms. The summed E-state index contributed by atoms with van der Waals surface area (Å²) in [4.78, 5) is 25.8. The first-order valence-electron chi connectivity index (χ1n) is 12.4. The van der Waals surface area contributed by atoms with Crippen LogP contribution in [0.5, 0.6) is 0 Å². The molecule has 9 nitrogen and oxygen atoms in total. The monoisotopic (exact) mass is 486 g/mol. The summed E-state index contributed by atoms with van der Waals surface area (Å²) in [5.41, 5.74) is 15.0. The van der Waals surface area contributed by atoms with Crippen molar-refractivity contribution in [1.82, 2.24) is 15.0 Å². The van der Waals surface area contributed by atoms with Crippen LogP contribution in [0, 0.1) is 16.7 Å². The van der Waals surface area contributed by atoms with Crippen molar-refractivity contribution in [3.8, 4) is 0 Å². The van der Waals surface area contributed by atoms with E-state index >= 15 is 0 Å². The minimum atomic E-state index is -0.217. The summed E-state index contributed by atoms with van der Waals surface area (Å²) in [7, 11) is 0. The first-order chi connectivity index (χ1) is 17.1. The quantitative estimate of drug-likeness (QED) is 0.307. The fourth-order valence-electron chi connectivity index (χ4n) is 6.09. The maximum Gasteiger partial charge on any atom is 0.255 e. The molecule has 7 N–H and O–H groups in total. The lowest BCUT2D eigenvalue weighted by Crippen LogP contribution is -2.46. The number of aromatic nitrogens is 3. The van der Waals surface area contributed by atoms with Crippen LogP contribution in [0.4, 0.5) is 29.2 Å². The molecular weight excluding hydrogens is 452 g/mol. The van der Waals surface area contributed by atoms with Gasteiger partial charge in [-0.25, -0.2) is 0 Å². The van der Waals surface area contributed by atoms with E-state index in [2.05, 4.69) is 51.7 Å². The van der Waals surface area contributed by atoms with Crippen molar-refractivity contribution in [1.29, 1.82) is 0 Å². The topological polar surface area (TPSA) is 144 Å². The van der Waals surface area contributed by atoms with E-state index in [1.54, 1.807) is 24.3 Å². The van der Waals surface area contributed by atoms with Crippen molar-refractivity contribution in [2.24, 2.45) is 16.7 Å². The number of hydrogen-bond acceptors (Lipinski definition) is 8. The highest BCUT2D eigenvalue weighted by atomic mass is 16.1. The van der Waals surface area contributed by atoms with Crippen molar-refractivity contribution in [2.75, 3.05) is 27.4 Å². The molecule has 0 saturated heterocycles. The lowest BCUT2D eigenvalue weighted by atomic mass is 9.68. The van der Waals surface area contributed by atoms with Gasteiger partial charge in [0.25, 0.3) is 5.91 Å². The van der Waals surface area contributed by atoms with E-state index in [4.69, 9.17) is 11.5 Å². The number of rotatable bonds is 7. The lowest BCUT2D eigenvalue weighted by molar-refractivity contribution is 0.102. The predicted molar refractivity (Wildman–Crippen MR) is 143 cm³/mol. The summed E-state index contributed by atoms with van der Waals surface area (Å²) >= 11 is 0. The summed E-state index contributed by atoms with van der Waals surface area (Å²) in [6, 6.07) is 14.8. The van der Waals surface area contributed by atoms with E-state index in [0.29, 0.717) is 41.3 Å². The summed E-state index contributed by atoms with van der Waals surface area (Å²) in [6.45, 7) is 7.51. The van der Waals surface area contributed by atoms with Gasteiger partial charge in [-0.15, -0.1) is 0 Å². The number of para-hydroxylation sites is 2. The Balaban J connectivity index is 1.22. The lowest BCUT2D eigenvalue weighted by Gasteiger charge is -2.43. The Labute approximate surface area is 211 Å². The van der Waals surface area contributed by atoms with E-state index in [-0.39, 0.29) is 28.7 Å². The number of anilines is 5. The fraction of sp³-hybridized carbons (Fsp3) is 0.407. The largest absolute Gasteiger partial charge is 0.397 e. The Morgan fingerprint density at radius 3 is 2.42 bits per heavy atom. The second-order valence-corrected chi connectivity index (χ2v) is 10.9. The smallest absolute Gasteiger partial charge is 0.255 e. The van der Waals surface area contributed by atoms with Crippen LogP contribution in [-0.4, -0.2) is 26.9 Å². The van der Waals surface area contributed by atoms with Crippen molar-refractivity contribution < 1.29 is 4.79 Å². The normalized spacial score (nSPS) is 23.9. The average Bonchev–Trinajstić information content (AvgIpc) is 3.33. The van der Waals surface area contributed by atoms with Gasteiger partial charge >= 0.3 is 0 Å². The summed E-state index contributed by atoms with van der Waals surface area (Å²) in [6.07, 6.45) is 3.74. The number of hydrogen-bond donors (Lipinski definition) is 5. The molecule has 9 heteroatoms. The number of nitrogens with zero attached hydrogens (tertiary/aromatic N) is 3. The van der Waals surface area contributed by atoms with Crippen molar-refractivity contribution in [2.45, 2.75) is 52.6 Å². The first kappa shape index (κ1) is 23.8. The van der Waals surface area contributed by atoms with Crippen LogP contribution < -0.4 is 27.4 Å². The van der Waals surface area contributed by atoms with Crippen LogP contribution in [0.15, 0.2) is 48.5 Å². The molecule has 3 atom stereocenters. The van der Waals surface area contributed by atoms with Gasteiger partial charge in [0.15, 0.2) is 0 Å². The molecule has 188 valence electrons. The van der Waals surface area contributed by atoms with E-state index in [1.807, 2.05) is 24.3 Å². The molecule has 0 unspecified atom stereocenters. The molecule has 1 aromatic heterocycles. The standard InChI is InChI=1S/C27H34N8O/c1-26(2)18-12-13-27(3,14-18)22(26)32-25-34-23(29)33-24(35-25)30-15-16-8-10-17(11-9-16)21(36)31-20-7-5-4-6-19(20)28/h4-11,18,22H,12-15,28H2,1-3H3,(H,31,36)(H4,29,30,32,33,34,35)/t18-,22+,27+/m1/s1. The number of nitrogens with two attached hydrogens (primary N) is 2. The van der Waals surface area contributed by atoms with Gasteiger partial charge in [-0.05, 0) is 65.8 Å². The van der Waals surface area contributed by atoms with Gasteiger partial charge in [0.1, 0.15) is 0 Å². The van der Waals surface area contributed by atoms with Crippen LogP contribution in [0.1, 0.15) is 56.0 Å². The second kappa shape index (κ2) is 8.96. The Morgan fingerprint density at radius 1 is 1.00 bits per heavy atom. The minimum Gasteiger partial charge on any atom is -0.397 e. The zero-order valence-corrected chi connectivity index (χ0v) is 21.0. The third-order valence-corrected chi connectivity index (χ3v) is 8.07. The number of nitrogens with one attached hydrogen (secondary N) is 3. The first-order valence-corrected chi connectivity index (χ1v) is 12.4. The van der Waals surface area contributed by atoms with E-state index < -0.39 is 0 Å². The molecule has 1 amide bonds. The Hall–Kier alpha value is -3.88. The second-order valence-electron chi connectivity index (χ2n) is 10.9. The van der Waals surface area contributed by atoms with Gasteiger partial charge in [-0.3, -0.25) is 4.79 Å². The molecule has 2 aromatic carbocycles. The van der Waals surface area contributed by atoms with Crippen LogP contribution in [-0.2, 0) is 6.54 Å². The molecule has 2 bridgehead atoms. The Bertz CT molecular complexity index is 1270. The van der Waals surface area contributed by atoms with Crippen molar-refractivity contribution >= 4 is 35.1 Å². The maximum absolute atomic E-state index is 12.6. The Morgan fingerprint density at radius 2 is 1.72 bits per heavy atom. The molecular formula is C27H34N8O. The van der Waals surface area contributed by atoms with Gasteiger partial charge in [-0.2, -0.15) is 15.0 Å². The fourth-order valence-corrected chi connectivity index (χ4v) is 6.09. The zero-order valence-electron chi connectivity index (χ0n) is 21.0. The van der Waals surface area contributed by atoms with Gasteiger partial charge in [0.05, 0.1) is 11.4 Å². The van der Waals surface area contributed by atoms with Gasteiger partial charge in [-0.1, -0.05) is 45.0 Å². The van der Waals surface area contributed by atoms with Crippen LogP contribution >= 0.6 is 0 Å². The summed E-state index contributed by atoms with van der Waals surface area (Å²) in [5.74, 6) is 1.59. The predicted octanol–water partition coefficient (Wildman–Crippen LogP) is 4.53. The van der Waals surface area contributed by atoms with Gasteiger partial charge in [0.2, 0.25) is 17.8 Å². The third-order valence-electron chi connectivity index (χ3n) is 8.07. The average molecular weight is 487 g/mol. The number of fused-ring (bicyclic) bond motifs is 2. The molecule has 1 heterocycles. The molecule has 2 fully saturated rings. The molecule has 3 aromatic rings. The molecule has 0 radical (unpaired) electrons. The molecule has 2 aliphatic rings. The molecule has 2 saturated carbocycles. The molecule has 0 spiro atoms. The zero-order chi connectivity index (χ0) is 25.5. The molecule has 2 aliphatic carbocycles. The highest BCUT2D eigenvalue weighted by Gasteiger charge is 2.59. The highest BCUT2D eigenvalue weighted by Crippen LogP contribution is 2.63. The van der Waals surface area contributed by atoms with Gasteiger partial charge in [0, 0.05) is 18.2 Å². The number of amides is 1. The van der Waals surface area contributed by atoms with E-state index in [9.17, 15) is 4.79 Å². The minimum absolute atomic E-state index is 0.169. The van der Waals surface area contributed by atoms with Crippen molar-refractivity contribution in [3.63, 3.8) is 0 Å². The van der Waals surface area contributed by atoms with Crippen LogP contribution in [0.2, 0.25) is 0 Å². The highest BCUT2D eigenvalue weighted by molar-refractivity contribution is 6.05. The molecule has 5 rings (SSSR count). The van der Waals surface area contributed by atoms with Crippen LogP contribution in [0.3, 0.4) is 0 Å². The third kappa shape index (κ3) is 4.53. The van der Waals surface area contributed by atoms with Gasteiger partial charge < -0.3 is 27.4 Å². The summed E-state index contributed by atoms with van der Waals surface area (Å²) < 4.78 is 0. The van der Waals surface area contributed by atoms with Crippen molar-refractivity contribution in [3.05, 3.63) is 59.7 Å². The van der Waals surface area contributed by atoms with E-state index in [1.165, 1.54) is 19.3 Å². The maximum atomic E-state index is 12.6. The number of carbonyl (C=O) groups is 1. The number of nitrogen functional groups attached to an aromatic ring is 2. The number of benzene rings is 2. The Kier molecular flexibility index (Phi) is 5.94. The number of carbonyl (C=O) groups excluding carboxylic acids is 1. The SMILES string of the molecule is CC1(C)[C@@H]2CC[C@@](C)(C2)[C@H]1Nc1nc(N)nc(NCc2ccc(C(=O)Nc3ccccc3N)cc2)n1. The van der Waals surface area contributed by atoms with E-state index in [0.717, 1.165) is 5.56 Å². The van der Waals surface area contributed by atoms with Crippen LogP contribution in [0.25, 0.3) is 0 Å². The summed E-state index contributed by atoms with van der Waals surface area (Å²) in [5, 5.41) is 9.66. The molecule has 0 aliphatic heterocycles.